The molecule has 0 N–H and O–H groups in total. The summed E-state index contributed by atoms with van der Waals surface area (Å²) in [5.74, 6) is 1.51. The highest BCUT2D eigenvalue weighted by atomic mass is 32.9. The lowest BCUT2D eigenvalue weighted by molar-refractivity contribution is 0.500. The zero-order valence-corrected chi connectivity index (χ0v) is 23.2. The first kappa shape index (κ1) is 25.9. The second-order valence-corrected chi connectivity index (χ2v) is 16.7. The van der Waals surface area contributed by atoms with Crippen LogP contribution in [0.5, 0.6) is 11.5 Å². The third-order valence-corrected chi connectivity index (χ3v) is 10.5. The minimum atomic E-state index is -2.78. The first-order valence-corrected chi connectivity index (χ1v) is 15.4. The van der Waals surface area contributed by atoms with Crippen LogP contribution < -0.4 is 9.05 Å². The minimum Gasteiger partial charge on any atom is -0.428 e. The van der Waals surface area contributed by atoms with Gasteiger partial charge in [0.2, 0.25) is 0 Å². The molecule has 2 nitrogen and oxygen atoms in total. The van der Waals surface area contributed by atoms with E-state index in [1.807, 2.05) is 30.3 Å². The summed E-state index contributed by atoms with van der Waals surface area (Å²) in [5.41, 5.74) is 0.882. The van der Waals surface area contributed by atoms with Crippen molar-refractivity contribution < 1.29 is 9.05 Å². The van der Waals surface area contributed by atoms with Crippen LogP contribution in [0.2, 0.25) is 0 Å². The van der Waals surface area contributed by atoms with E-state index in [0.717, 1.165) is 11.5 Å². The van der Waals surface area contributed by atoms with Crippen LogP contribution in [-0.2, 0) is 22.6 Å². The third kappa shape index (κ3) is 7.37. The fourth-order valence-corrected chi connectivity index (χ4v) is 8.85. The summed E-state index contributed by atoms with van der Waals surface area (Å²) >= 11 is 7.74. The summed E-state index contributed by atoms with van der Waals surface area (Å²) in [6.45, 7) is 15.3. The molecule has 0 aromatic heterocycles. The predicted molar refractivity (Wildman–Crippen MR) is 148 cm³/mol. The van der Waals surface area contributed by atoms with Crippen molar-refractivity contribution in [2.75, 3.05) is 0 Å². The van der Waals surface area contributed by atoms with Gasteiger partial charge >= 0.3 is 5.69 Å². The molecule has 0 saturated carbocycles. The van der Waals surface area contributed by atoms with Crippen molar-refractivity contribution in [3.63, 3.8) is 0 Å². The molecule has 0 aliphatic carbocycles. The van der Waals surface area contributed by atoms with Crippen LogP contribution in [0.4, 0.5) is 0 Å². The van der Waals surface area contributed by atoms with Gasteiger partial charge in [-0.2, -0.15) is 0 Å². The van der Waals surface area contributed by atoms with Gasteiger partial charge in [-0.25, -0.2) is 0 Å². The van der Waals surface area contributed by atoms with E-state index >= 15 is 0 Å². The van der Waals surface area contributed by atoms with Gasteiger partial charge in [-0.15, -0.1) is 0 Å². The summed E-state index contributed by atoms with van der Waals surface area (Å²) < 4.78 is 13.1. The lowest BCUT2D eigenvalue weighted by Gasteiger charge is -2.27. The zero-order chi connectivity index (χ0) is 24.3. The first-order chi connectivity index (χ1) is 15.4. The summed E-state index contributed by atoms with van der Waals surface area (Å²) in [7, 11) is 0. The molecule has 0 amide bonds. The van der Waals surface area contributed by atoms with E-state index in [0.29, 0.717) is 0 Å². The molecule has 0 radical (unpaired) electrons. The van der Waals surface area contributed by atoms with Gasteiger partial charge in [0.1, 0.15) is 11.5 Å². The Morgan fingerprint density at radius 2 is 1.15 bits per heavy atom. The van der Waals surface area contributed by atoms with E-state index in [2.05, 4.69) is 97.0 Å². The lowest BCUT2D eigenvalue weighted by atomic mass is 9.87. The van der Waals surface area contributed by atoms with Crippen molar-refractivity contribution in [1.82, 2.24) is 0 Å². The average molecular weight is 499 g/mol. The summed E-state index contributed by atoms with van der Waals surface area (Å²) in [5, 5.41) is 0.133. The zero-order valence-electron chi connectivity index (χ0n) is 20.7. The fraction of sp³-hybridized carbons (Fsp3) is 0.357. The first-order valence-electron chi connectivity index (χ1n) is 11.3. The van der Waals surface area contributed by atoms with Crippen LogP contribution in [0.3, 0.4) is 0 Å². The van der Waals surface area contributed by atoms with Gasteiger partial charge in [0.25, 0.3) is 0 Å². The molecule has 0 aliphatic heterocycles. The van der Waals surface area contributed by atoms with Gasteiger partial charge in [0.15, 0.2) is 0 Å². The Bertz CT molecular complexity index is 1050. The van der Waals surface area contributed by atoms with Gasteiger partial charge < -0.3 is 9.05 Å². The highest BCUT2D eigenvalue weighted by Gasteiger charge is 2.29. The molecule has 3 aromatic rings. The topological polar surface area (TPSA) is 18.5 Å². The van der Waals surface area contributed by atoms with Crippen molar-refractivity contribution in [3.8, 4) is 11.5 Å². The van der Waals surface area contributed by atoms with Gasteiger partial charge in [-0.05, 0) is 81.9 Å². The molecule has 1 atom stereocenters. The Morgan fingerprint density at radius 1 is 0.697 bits per heavy atom. The molecule has 0 spiro atoms. The highest BCUT2D eigenvalue weighted by molar-refractivity contribution is 8.68. The van der Waals surface area contributed by atoms with E-state index in [1.165, 1.54) is 16.7 Å². The number of hydrogen-bond donors (Lipinski definition) is 0. The molecule has 176 valence electrons. The molecule has 3 rings (SSSR count). The second kappa shape index (κ2) is 10.3. The van der Waals surface area contributed by atoms with E-state index in [-0.39, 0.29) is 16.1 Å². The molecular formula is C28H35O2PS2. The van der Waals surface area contributed by atoms with Crippen LogP contribution in [0, 0.1) is 0 Å². The maximum absolute atomic E-state index is 6.53. The molecular weight excluding hydrogens is 463 g/mol. The lowest BCUT2D eigenvalue weighted by Crippen LogP contribution is -2.11. The number of hydrogen-bond acceptors (Lipinski definition) is 4. The summed E-state index contributed by atoms with van der Waals surface area (Å²) in [6, 6.07) is 26.8. The summed E-state index contributed by atoms with van der Waals surface area (Å²) in [4.78, 5) is 0. The molecule has 1 unspecified atom stereocenters. The second-order valence-electron chi connectivity index (χ2n) is 10.3. The normalized spacial score (nSPS) is 13.4. The Morgan fingerprint density at radius 3 is 1.58 bits per heavy atom. The molecule has 0 heterocycles. The van der Waals surface area contributed by atoms with Gasteiger partial charge in [0.05, 0.1) is 0 Å². The van der Waals surface area contributed by atoms with Gasteiger partial charge in [-0.3, -0.25) is 0 Å². The van der Waals surface area contributed by atoms with Crippen molar-refractivity contribution in [1.29, 1.82) is 0 Å². The van der Waals surface area contributed by atoms with Gasteiger partial charge in [0, 0.05) is 5.25 Å². The molecule has 0 fully saturated rings. The van der Waals surface area contributed by atoms with Crippen LogP contribution in [0.25, 0.3) is 0 Å². The SMILES string of the molecule is CC(SP(=S)(Oc1cccc(C(C)(C)C)c1)Oc1cccc(C(C)(C)C)c1)c1ccccc1. The quantitative estimate of drug-likeness (QED) is 0.302. The summed E-state index contributed by atoms with van der Waals surface area (Å²) in [6.07, 6.45) is 0. The van der Waals surface area contributed by atoms with Crippen LogP contribution >= 0.6 is 17.1 Å². The number of benzene rings is 3. The number of rotatable bonds is 7. The maximum atomic E-state index is 6.53. The highest BCUT2D eigenvalue weighted by Crippen LogP contribution is 2.65. The third-order valence-electron chi connectivity index (χ3n) is 5.39. The van der Waals surface area contributed by atoms with Crippen molar-refractivity contribution in [2.45, 2.75) is 64.5 Å². The molecule has 0 bridgehead atoms. The Hall–Kier alpha value is -1.74. The minimum absolute atomic E-state index is 0.0221. The molecule has 3 aromatic carbocycles. The average Bonchev–Trinajstić information content (AvgIpc) is 2.73. The van der Waals surface area contributed by atoms with E-state index in [4.69, 9.17) is 20.9 Å². The van der Waals surface area contributed by atoms with Gasteiger partial charge in [-0.1, -0.05) is 96.1 Å². The van der Waals surface area contributed by atoms with Crippen LogP contribution in [-0.4, -0.2) is 0 Å². The maximum Gasteiger partial charge on any atom is 0.349 e. The fourth-order valence-electron chi connectivity index (χ4n) is 3.34. The smallest absolute Gasteiger partial charge is 0.349 e. The Labute approximate surface area is 209 Å². The van der Waals surface area contributed by atoms with Crippen molar-refractivity contribution in [2.24, 2.45) is 0 Å². The largest absolute Gasteiger partial charge is 0.428 e. The van der Waals surface area contributed by atoms with Crippen molar-refractivity contribution in [3.05, 3.63) is 95.6 Å². The predicted octanol–water partition coefficient (Wildman–Crippen LogP) is 9.46. The van der Waals surface area contributed by atoms with E-state index in [9.17, 15) is 0 Å². The molecule has 5 heteroatoms. The Kier molecular flexibility index (Phi) is 8.04. The monoisotopic (exact) mass is 498 g/mol. The van der Waals surface area contributed by atoms with Crippen LogP contribution in [0.1, 0.15) is 70.4 Å². The van der Waals surface area contributed by atoms with Crippen LogP contribution in [0.15, 0.2) is 78.9 Å². The van der Waals surface area contributed by atoms with E-state index < -0.39 is 5.69 Å². The molecule has 33 heavy (non-hydrogen) atoms. The standard InChI is InChI=1S/C28H35O2PS2/c1-21(22-13-9-8-10-14-22)33-31(32,29-25-17-11-15-23(19-25)27(2,3)4)30-26-18-12-16-24(20-26)28(5,6)7/h8-21H,1-7H3. The van der Waals surface area contributed by atoms with Crippen molar-refractivity contribution >= 4 is 28.9 Å². The molecule has 0 aliphatic rings. The Balaban J connectivity index is 1.95. The van der Waals surface area contributed by atoms with E-state index in [1.54, 1.807) is 11.4 Å². The molecule has 0 saturated heterocycles.